The van der Waals surface area contributed by atoms with Crippen LogP contribution in [-0.4, -0.2) is 42.9 Å². The number of carbonyl (C=O) groups excluding carboxylic acids is 1. The van der Waals surface area contributed by atoms with Crippen LogP contribution in [0.15, 0.2) is 0 Å². The van der Waals surface area contributed by atoms with Crippen molar-refractivity contribution in [2.24, 2.45) is 5.73 Å². The van der Waals surface area contributed by atoms with E-state index < -0.39 is 5.54 Å². The zero-order chi connectivity index (χ0) is 12.6. The number of aliphatic hydroxyl groups excluding tert-OH is 1. The van der Waals surface area contributed by atoms with Gasteiger partial charge in [0.2, 0.25) is 5.91 Å². The van der Waals surface area contributed by atoms with Crippen LogP contribution in [0, 0.1) is 0 Å². The Morgan fingerprint density at radius 3 is 2.38 bits per heavy atom. The molecule has 0 saturated carbocycles. The van der Waals surface area contributed by atoms with Crippen LogP contribution in [-0.2, 0) is 9.53 Å². The van der Waals surface area contributed by atoms with Crippen molar-refractivity contribution in [3.05, 3.63) is 0 Å². The van der Waals surface area contributed by atoms with Crippen molar-refractivity contribution in [1.82, 2.24) is 5.32 Å². The number of hydrogen-bond acceptors (Lipinski definition) is 4. The first-order valence-corrected chi connectivity index (χ1v) is 5.72. The Hall–Kier alpha value is -0.650. The molecule has 0 spiro atoms. The van der Waals surface area contributed by atoms with E-state index in [0.717, 1.165) is 0 Å². The normalized spacial score (nSPS) is 13.6. The second-order valence-corrected chi connectivity index (χ2v) is 3.99. The lowest BCUT2D eigenvalue weighted by Gasteiger charge is -2.31. The molecule has 0 aromatic heterocycles. The minimum atomic E-state index is -0.510. The fourth-order valence-corrected chi connectivity index (χ4v) is 1.51. The fourth-order valence-electron chi connectivity index (χ4n) is 1.51. The monoisotopic (exact) mass is 232 g/mol. The SMILES string of the molecule is CCC(CC)(CO)NC(=O)CC(CN)OC. The molecule has 0 aromatic carbocycles. The molecule has 1 unspecified atom stereocenters. The van der Waals surface area contributed by atoms with Crippen molar-refractivity contribution in [3.8, 4) is 0 Å². The summed E-state index contributed by atoms with van der Waals surface area (Å²) < 4.78 is 5.04. The van der Waals surface area contributed by atoms with Crippen LogP contribution in [0.1, 0.15) is 33.1 Å². The predicted octanol–water partition coefficient (Wildman–Crippen LogP) is 0.0175. The van der Waals surface area contributed by atoms with Gasteiger partial charge in [-0.2, -0.15) is 0 Å². The first-order chi connectivity index (χ1) is 7.57. The standard InChI is InChI=1S/C11H24N2O3/c1-4-11(5-2,8-14)13-10(15)6-9(7-12)16-3/h9,14H,4-8,12H2,1-3H3,(H,13,15). The molecule has 0 aromatic rings. The van der Waals surface area contributed by atoms with Gasteiger partial charge in [-0.3, -0.25) is 4.79 Å². The Balaban J connectivity index is 4.30. The van der Waals surface area contributed by atoms with Gasteiger partial charge in [-0.15, -0.1) is 0 Å². The lowest BCUT2D eigenvalue weighted by Crippen LogP contribution is -2.51. The molecule has 0 aliphatic carbocycles. The van der Waals surface area contributed by atoms with Gasteiger partial charge in [-0.1, -0.05) is 13.8 Å². The summed E-state index contributed by atoms with van der Waals surface area (Å²) in [5.74, 6) is -0.130. The molecule has 5 heteroatoms. The number of ether oxygens (including phenoxy) is 1. The van der Waals surface area contributed by atoms with Gasteiger partial charge in [0.25, 0.3) is 0 Å². The summed E-state index contributed by atoms with van der Waals surface area (Å²) in [6.07, 6.45) is 1.37. The molecule has 0 rings (SSSR count). The number of nitrogens with one attached hydrogen (secondary N) is 1. The van der Waals surface area contributed by atoms with Gasteiger partial charge in [0.05, 0.1) is 24.7 Å². The van der Waals surface area contributed by atoms with Crippen LogP contribution < -0.4 is 11.1 Å². The zero-order valence-electron chi connectivity index (χ0n) is 10.5. The summed E-state index contributed by atoms with van der Waals surface area (Å²) in [6, 6.07) is 0. The maximum absolute atomic E-state index is 11.7. The second-order valence-electron chi connectivity index (χ2n) is 3.99. The van der Waals surface area contributed by atoms with E-state index in [9.17, 15) is 9.90 Å². The highest BCUT2D eigenvalue weighted by molar-refractivity contribution is 5.77. The Kier molecular flexibility index (Phi) is 7.29. The van der Waals surface area contributed by atoms with Crippen LogP contribution in [0.4, 0.5) is 0 Å². The van der Waals surface area contributed by atoms with Crippen molar-refractivity contribution in [1.29, 1.82) is 0 Å². The van der Waals surface area contributed by atoms with E-state index in [4.69, 9.17) is 10.5 Å². The summed E-state index contributed by atoms with van der Waals surface area (Å²) in [7, 11) is 1.53. The summed E-state index contributed by atoms with van der Waals surface area (Å²) in [4.78, 5) is 11.7. The third-order valence-electron chi connectivity index (χ3n) is 3.07. The molecule has 4 N–H and O–H groups in total. The van der Waals surface area contributed by atoms with Gasteiger partial charge in [0.15, 0.2) is 0 Å². The highest BCUT2D eigenvalue weighted by atomic mass is 16.5. The Morgan fingerprint density at radius 1 is 1.50 bits per heavy atom. The summed E-state index contributed by atoms with van der Waals surface area (Å²) in [5, 5.41) is 12.2. The molecule has 0 aliphatic rings. The average Bonchev–Trinajstić information content (AvgIpc) is 2.33. The number of rotatable bonds is 8. The number of carbonyl (C=O) groups is 1. The van der Waals surface area contributed by atoms with Crippen LogP contribution in [0.3, 0.4) is 0 Å². The Morgan fingerprint density at radius 2 is 2.06 bits per heavy atom. The van der Waals surface area contributed by atoms with E-state index in [2.05, 4.69) is 5.32 Å². The molecule has 0 fully saturated rings. The number of amides is 1. The van der Waals surface area contributed by atoms with Gasteiger partial charge in [0, 0.05) is 13.7 Å². The minimum Gasteiger partial charge on any atom is -0.394 e. The van der Waals surface area contributed by atoms with Crippen LogP contribution in [0.25, 0.3) is 0 Å². The first kappa shape index (κ1) is 15.3. The zero-order valence-corrected chi connectivity index (χ0v) is 10.5. The van der Waals surface area contributed by atoms with Crippen molar-refractivity contribution < 1.29 is 14.6 Å². The molecule has 0 radical (unpaired) electrons. The highest BCUT2D eigenvalue weighted by Gasteiger charge is 2.27. The number of methoxy groups -OCH3 is 1. The quantitative estimate of drug-likeness (QED) is 0.550. The molecule has 16 heavy (non-hydrogen) atoms. The molecular weight excluding hydrogens is 208 g/mol. The largest absolute Gasteiger partial charge is 0.394 e. The highest BCUT2D eigenvalue weighted by Crippen LogP contribution is 2.14. The predicted molar refractivity (Wildman–Crippen MR) is 63.0 cm³/mol. The van der Waals surface area contributed by atoms with Gasteiger partial charge in [-0.05, 0) is 12.8 Å². The maximum Gasteiger partial charge on any atom is 0.223 e. The minimum absolute atomic E-state index is 0.0496. The Labute approximate surface area is 97.3 Å². The van der Waals surface area contributed by atoms with E-state index in [1.165, 1.54) is 7.11 Å². The number of aliphatic hydroxyl groups is 1. The second kappa shape index (κ2) is 7.60. The summed E-state index contributed by atoms with van der Waals surface area (Å²) in [5.41, 5.74) is 4.93. The maximum atomic E-state index is 11.7. The van der Waals surface area contributed by atoms with Crippen molar-refractivity contribution in [2.45, 2.75) is 44.8 Å². The van der Waals surface area contributed by atoms with Crippen molar-refractivity contribution in [2.75, 3.05) is 20.3 Å². The lowest BCUT2D eigenvalue weighted by atomic mass is 9.93. The summed E-state index contributed by atoms with van der Waals surface area (Å²) >= 11 is 0. The fraction of sp³-hybridized carbons (Fsp3) is 0.909. The van der Waals surface area contributed by atoms with Gasteiger partial charge in [0.1, 0.15) is 0 Å². The third kappa shape index (κ3) is 4.47. The van der Waals surface area contributed by atoms with Crippen LogP contribution in [0.5, 0.6) is 0 Å². The number of hydrogen-bond donors (Lipinski definition) is 3. The van der Waals surface area contributed by atoms with E-state index in [0.29, 0.717) is 19.4 Å². The van der Waals surface area contributed by atoms with Crippen molar-refractivity contribution in [3.63, 3.8) is 0 Å². The number of nitrogens with two attached hydrogens (primary N) is 1. The van der Waals surface area contributed by atoms with Crippen LogP contribution in [0.2, 0.25) is 0 Å². The third-order valence-corrected chi connectivity index (χ3v) is 3.07. The van der Waals surface area contributed by atoms with Gasteiger partial charge >= 0.3 is 0 Å². The molecule has 0 bridgehead atoms. The molecule has 1 amide bonds. The van der Waals surface area contributed by atoms with E-state index in [1.54, 1.807) is 0 Å². The molecule has 0 saturated heterocycles. The topological polar surface area (TPSA) is 84.6 Å². The van der Waals surface area contributed by atoms with Gasteiger partial charge in [-0.25, -0.2) is 0 Å². The Bertz CT molecular complexity index is 193. The molecule has 96 valence electrons. The average molecular weight is 232 g/mol. The van der Waals surface area contributed by atoms with E-state index >= 15 is 0 Å². The van der Waals surface area contributed by atoms with Crippen molar-refractivity contribution >= 4 is 5.91 Å². The lowest BCUT2D eigenvalue weighted by molar-refractivity contribution is -0.126. The molecule has 5 nitrogen and oxygen atoms in total. The van der Waals surface area contributed by atoms with Gasteiger partial charge < -0.3 is 20.9 Å². The molecule has 0 aliphatic heterocycles. The molecular formula is C11H24N2O3. The summed E-state index contributed by atoms with van der Waals surface area (Å²) in [6.45, 7) is 4.15. The van der Waals surface area contributed by atoms with E-state index in [1.807, 2.05) is 13.8 Å². The first-order valence-electron chi connectivity index (χ1n) is 5.72. The molecule has 1 atom stereocenters. The molecule has 0 heterocycles. The van der Waals surface area contributed by atoms with E-state index in [-0.39, 0.29) is 25.0 Å². The van der Waals surface area contributed by atoms with Crippen LogP contribution >= 0.6 is 0 Å². The smallest absolute Gasteiger partial charge is 0.223 e.